The zero-order valence-electron chi connectivity index (χ0n) is 7.07. The molecule has 0 heterocycles. The normalized spacial score (nSPS) is 12.2. The molecule has 1 rings (SSSR count). The molecule has 4 heteroatoms. The van der Waals surface area contributed by atoms with Gasteiger partial charge in [0.05, 0.1) is 4.90 Å². The molecule has 0 unspecified atom stereocenters. The molecule has 70 valence electrons. The van der Waals surface area contributed by atoms with Gasteiger partial charge in [-0.05, 0) is 24.6 Å². The van der Waals surface area contributed by atoms with Gasteiger partial charge in [-0.25, -0.2) is 8.42 Å². The summed E-state index contributed by atoms with van der Waals surface area (Å²) < 4.78 is 21.7. The van der Waals surface area contributed by atoms with Gasteiger partial charge in [0.1, 0.15) is 0 Å². The highest BCUT2D eigenvalue weighted by Crippen LogP contribution is 2.15. The Morgan fingerprint density at radius 1 is 1.23 bits per heavy atom. The number of halogens is 1. The predicted octanol–water partition coefficient (Wildman–Crippen LogP) is 2.65. The van der Waals surface area contributed by atoms with Crippen molar-refractivity contribution in [3.05, 3.63) is 35.9 Å². The van der Waals surface area contributed by atoms with E-state index in [-0.39, 0.29) is 4.90 Å². The molecule has 1 aromatic rings. The summed E-state index contributed by atoms with van der Waals surface area (Å²) in [6.45, 7) is 1.90. The Morgan fingerprint density at radius 2 is 1.77 bits per heavy atom. The van der Waals surface area contributed by atoms with Crippen LogP contribution in [0.3, 0.4) is 0 Å². The van der Waals surface area contributed by atoms with Gasteiger partial charge in [-0.1, -0.05) is 24.3 Å². The second kappa shape index (κ2) is 3.94. The van der Waals surface area contributed by atoms with E-state index in [1.54, 1.807) is 12.1 Å². The third-order valence-corrected chi connectivity index (χ3v) is 2.89. The highest BCUT2D eigenvalue weighted by molar-refractivity contribution is 8.13. The number of allylic oxidation sites excluding steroid dienone is 1. The van der Waals surface area contributed by atoms with Crippen LogP contribution < -0.4 is 0 Å². The molecule has 13 heavy (non-hydrogen) atoms. The molecule has 0 aromatic heterocycles. The van der Waals surface area contributed by atoms with Crippen molar-refractivity contribution in [1.29, 1.82) is 0 Å². The molecule has 2 nitrogen and oxygen atoms in total. The van der Waals surface area contributed by atoms with Crippen molar-refractivity contribution in [3.8, 4) is 0 Å². The van der Waals surface area contributed by atoms with E-state index in [4.69, 9.17) is 10.7 Å². The Bertz CT molecular complexity index is 404. The van der Waals surface area contributed by atoms with Gasteiger partial charge in [-0.2, -0.15) is 0 Å². The fraction of sp³-hybridized carbons (Fsp3) is 0.111. The largest absolute Gasteiger partial charge is 0.261 e. The van der Waals surface area contributed by atoms with Crippen LogP contribution in [-0.2, 0) is 9.05 Å². The number of hydrogen-bond acceptors (Lipinski definition) is 2. The van der Waals surface area contributed by atoms with Gasteiger partial charge in [0.2, 0.25) is 0 Å². The van der Waals surface area contributed by atoms with Crippen molar-refractivity contribution < 1.29 is 8.42 Å². The second-order valence-corrected chi connectivity index (χ2v) is 5.07. The first kappa shape index (κ1) is 10.3. The smallest absolute Gasteiger partial charge is 0.207 e. The zero-order valence-corrected chi connectivity index (χ0v) is 8.64. The summed E-state index contributed by atoms with van der Waals surface area (Å²) in [5.74, 6) is 0. The Morgan fingerprint density at radius 3 is 2.15 bits per heavy atom. The average molecular weight is 217 g/mol. The third-order valence-electron chi connectivity index (χ3n) is 1.52. The monoisotopic (exact) mass is 216 g/mol. The molecule has 0 amide bonds. The van der Waals surface area contributed by atoms with Gasteiger partial charge in [0.15, 0.2) is 0 Å². The maximum atomic E-state index is 10.8. The summed E-state index contributed by atoms with van der Waals surface area (Å²) in [7, 11) is 1.56. The number of rotatable bonds is 2. The molecule has 0 N–H and O–H groups in total. The lowest BCUT2D eigenvalue weighted by atomic mass is 10.2. The standard InChI is InChI=1S/C9H9ClO2S/c1-2-3-8-4-6-9(7-5-8)13(10,11)12/h2-7H,1H3/b3-2+. The average Bonchev–Trinajstić information content (AvgIpc) is 2.04. The van der Waals surface area contributed by atoms with E-state index in [2.05, 4.69) is 0 Å². The minimum atomic E-state index is -3.59. The van der Waals surface area contributed by atoms with Gasteiger partial charge in [0, 0.05) is 10.7 Å². The van der Waals surface area contributed by atoms with Crippen molar-refractivity contribution >= 4 is 25.8 Å². The molecule has 0 atom stereocenters. The molecular formula is C9H9ClO2S. The van der Waals surface area contributed by atoms with Gasteiger partial charge in [-0.3, -0.25) is 0 Å². The molecule has 0 aliphatic carbocycles. The Labute approximate surface area is 82.3 Å². The maximum absolute atomic E-state index is 10.8. The quantitative estimate of drug-likeness (QED) is 0.713. The second-order valence-electron chi connectivity index (χ2n) is 2.51. The Hall–Kier alpha value is -0.800. The summed E-state index contributed by atoms with van der Waals surface area (Å²) in [6, 6.07) is 6.37. The lowest BCUT2D eigenvalue weighted by Gasteiger charge is -1.96. The molecule has 1 aromatic carbocycles. The van der Waals surface area contributed by atoms with Crippen molar-refractivity contribution in [2.24, 2.45) is 0 Å². The summed E-state index contributed by atoms with van der Waals surface area (Å²) >= 11 is 0. The van der Waals surface area contributed by atoms with E-state index >= 15 is 0 Å². The molecule has 0 aliphatic rings. The molecule has 0 fully saturated rings. The van der Waals surface area contributed by atoms with Crippen LogP contribution in [0, 0.1) is 0 Å². The van der Waals surface area contributed by atoms with Crippen LogP contribution >= 0.6 is 10.7 Å². The predicted molar refractivity (Wildman–Crippen MR) is 54.2 cm³/mol. The Balaban J connectivity index is 3.08. The number of benzene rings is 1. The fourth-order valence-electron chi connectivity index (χ4n) is 0.934. The van der Waals surface area contributed by atoms with Gasteiger partial charge in [-0.15, -0.1) is 0 Å². The minimum absolute atomic E-state index is 0.127. The molecule has 0 spiro atoms. The van der Waals surface area contributed by atoms with Crippen LogP contribution in [0.25, 0.3) is 6.08 Å². The van der Waals surface area contributed by atoms with Crippen LogP contribution in [0.5, 0.6) is 0 Å². The number of hydrogen-bond donors (Lipinski definition) is 0. The summed E-state index contributed by atoms with van der Waals surface area (Å²) in [6.07, 6.45) is 3.76. The van der Waals surface area contributed by atoms with Gasteiger partial charge in [0.25, 0.3) is 9.05 Å². The van der Waals surface area contributed by atoms with Crippen LogP contribution in [0.1, 0.15) is 12.5 Å². The van der Waals surface area contributed by atoms with Crippen LogP contribution in [-0.4, -0.2) is 8.42 Å². The van der Waals surface area contributed by atoms with Crippen molar-refractivity contribution in [1.82, 2.24) is 0 Å². The summed E-state index contributed by atoms with van der Waals surface area (Å²) in [4.78, 5) is 0.127. The van der Waals surface area contributed by atoms with Crippen LogP contribution in [0.15, 0.2) is 35.2 Å². The van der Waals surface area contributed by atoms with Gasteiger partial charge >= 0.3 is 0 Å². The minimum Gasteiger partial charge on any atom is -0.207 e. The Kier molecular flexibility index (Phi) is 3.12. The van der Waals surface area contributed by atoms with E-state index < -0.39 is 9.05 Å². The molecule has 0 radical (unpaired) electrons. The first-order valence-corrected chi connectivity index (χ1v) is 6.02. The zero-order chi connectivity index (χ0) is 9.90. The van der Waals surface area contributed by atoms with E-state index in [9.17, 15) is 8.42 Å². The van der Waals surface area contributed by atoms with E-state index in [1.807, 2.05) is 19.1 Å². The third kappa shape index (κ3) is 2.86. The SMILES string of the molecule is C/C=C/c1ccc(S(=O)(=O)Cl)cc1. The van der Waals surface area contributed by atoms with Crippen molar-refractivity contribution in [3.63, 3.8) is 0 Å². The van der Waals surface area contributed by atoms with Gasteiger partial charge < -0.3 is 0 Å². The van der Waals surface area contributed by atoms with Crippen molar-refractivity contribution in [2.75, 3.05) is 0 Å². The first-order valence-electron chi connectivity index (χ1n) is 3.71. The highest BCUT2D eigenvalue weighted by atomic mass is 35.7. The van der Waals surface area contributed by atoms with Crippen molar-refractivity contribution in [2.45, 2.75) is 11.8 Å². The van der Waals surface area contributed by atoms with E-state index in [0.717, 1.165) is 5.56 Å². The summed E-state index contributed by atoms with van der Waals surface area (Å²) in [5, 5.41) is 0. The van der Waals surface area contributed by atoms with E-state index in [1.165, 1.54) is 12.1 Å². The maximum Gasteiger partial charge on any atom is 0.261 e. The molecular weight excluding hydrogens is 208 g/mol. The molecule has 0 saturated carbocycles. The lowest BCUT2D eigenvalue weighted by Crippen LogP contribution is -1.89. The lowest BCUT2D eigenvalue weighted by molar-refractivity contribution is 0.609. The fourth-order valence-corrected chi connectivity index (χ4v) is 1.70. The van der Waals surface area contributed by atoms with E-state index in [0.29, 0.717) is 0 Å². The summed E-state index contributed by atoms with van der Waals surface area (Å²) in [5.41, 5.74) is 0.951. The molecule has 0 aliphatic heterocycles. The molecule has 0 bridgehead atoms. The highest BCUT2D eigenvalue weighted by Gasteiger charge is 2.07. The van der Waals surface area contributed by atoms with Crippen LogP contribution in [0.4, 0.5) is 0 Å². The first-order chi connectivity index (χ1) is 6.04. The molecule has 0 saturated heterocycles. The topological polar surface area (TPSA) is 34.1 Å². The van der Waals surface area contributed by atoms with Crippen LogP contribution in [0.2, 0.25) is 0 Å².